The Labute approximate surface area is 123 Å². The van der Waals surface area contributed by atoms with Crippen LogP contribution in [0.1, 0.15) is 13.8 Å². The van der Waals surface area contributed by atoms with Crippen LogP contribution in [0, 0.1) is 5.82 Å². The van der Waals surface area contributed by atoms with Gasteiger partial charge in [0.05, 0.1) is 16.6 Å². The molecule has 4 nitrogen and oxygen atoms in total. The number of aromatic nitrogens is 2. The van der Waals surface area contributed by atoms with E-state index in [1.165, 1.54) is 0 Å². The van der Waals surface area contributed by atoms with E-state index >= 15 is 0 Å². The Balaban J connectivity index is 2.65. The van der Waals surface area contributed by atoms with E-state index in [-0.39, 0.29) is 17.4 Å². The third kappa shape index (κ3) is 2.96. The molecule has 2 rings (SSSR count). The van der Waals surface area contributed by atoms with Gasteiger partial charge in [-0.3, -0.25) is 0 Å². The second kappa shape index (κ2) is 5.19. The molecule has 0 fully saturated rings. The third-order valence-electron chi connectivity index (χ3n) is 2.58. The molecule has 0 saturated heterocycles. The molecule has 7 heteroatoms. The number of rotatable bonds is 3. The zero-order valence-electron chi connectivity index (χ0n) is 10.3. The molecule has 1 heterocycles. The molecule has 0 amide bonds. The molecule has 0 aliphatic carbocycles. The summed E-state index contributed by atoms with van der Waals surface area (Å²) in [7, 11) is 0. The van der Waals surface area contributed by atoms with Crippen molar-refractivity contribution in [3.8, 4) is 0 Å². The van der Waals surface area contributed by atoms with E-state index in [9.17, 15) is 9.50 Å². The van der Waals surface area contributed by atoms with Gasteiger partial charge in [0.2, 0.25) is 5.28 Å². The first-order valence-electron chi connectivity index (χ1n) is 5.54. The van der Waals surface area contributed by atoms with Gasteiger partial charge in [-0.15, -0.1) is 0 Å². The average molecular weight is 349 g/mol. The highest BCUT2D eigenvalue weighted by Crippen LogP contribution is 2.29. The number of aliphatic hydroxyl groups excluding tert-OH is 1. The van der Waals surface area contributed by atoms with Gasteiger partial charge in [-0.05, 0) is 53.5 Å². The summed E-state index contributed by atoms with van der Waals surface area (Å²) in [6.45, 7) is 3.49. The fourth-order valence-corrected chi connectivity index (χ4v) is 2.05. The molecule has 0 aliphatic heterocycles. The predicted octanol–water partition coefficient (Wildman–Crippen LogP) is 3.37. The van der Waals surface area contributed by atoms with Crippen LogP contribution in [-0.2, 0) is 0 Å². The van der Waals surface area contributed by atoms with Crippen molar-refractivity contribution < 1.29 is 9.50 Å². The topological polar surface area (TPSA) is 58.0 Å². The minimum absolute atomic E-state index is 0.0549. The Morgan fingerprint density at radius 1 is 1.42 bits per heavy atom. The lowest BCUT2D eigenvalue weighted by atomic mass is 10.1. The molecule has 0 unspecified atom stereocenters. The second-order valence-corrected chi connectivity index (χ2v) is 5.96. The Hall–Kier alpha value is -0.980. The molecule has 102 valence electrons. The summed E-state index contributed by atoms with van der Waals surface area (Å²) in [6.07, 6.45) is 0. The standard InChI is InChI=1S/C12H12BrClFN3O/c1-12(2,5-19)18-10-6-3-4-7(13)8(15)9(6)16-11(14)17-10/h3-4,19H,5H2,1-2H3,(H,16,17,18). The van der Waals surface area contributed by atoms with Gasteiger partial charge in [0, 0.05) is 5.39 Å². The highest BCUT2D eigenvalue weighted by atomic mass is 79.9. The molecule has 0 radical (unpaired) electrons. The lowest BCUT2D eigenvalue weighted by molar-refractivity contribution is 0.234. The van der Waals surface area contributed by atoms with Crippen molar-refractivity contribution in [1.29, 1.82) is 0 Å². The van der Waals surface area contributed by atoms with E-state index in [1.54, 1.807) is 26.0 Å². The first kappa shape index (κ1) is 14.4. The quantitative estimate of drug-likeness (QED) is 0.835. The Morgan fingerprint density at radius 3 is 2.74 bits per heavy atom. The Kier molecular flexibility index (Phi) is 3.94. The van der Waals surface area contributed by atoms with Crippen LogP contribution in [-0.4, -0.2) is 27.2 Å². The van der Waals surface area contributed by atoms with Gasteiger partial charge in [0.15, 0.2) is 5.82 Å². The smallest absolute Gasteiger partial charge is 0.225 e. The van der Waals surface area contributed by atoms with E-state index in [2.05, 4.69) is 31.2 Å². The molecule has 0 aliphatic rings. The maximum absolute atomic E-state index is 14.0. The molecular weight excluding hydrogens is 337 g/mol. The molecule has 2 N–H and O–H groups in total. The summed E-state index contributed by atoms with van der Waals surface area (Å²) in [5.41, 5.74) is -0.473. The number of hydrogen-bond acceptors (Lipinski definition) is 4. The van der Waals surface area contributed by atoms with Crippen LogP contribution in [0.15, 0.2) is 16.6 Å². The maximum Gasteiger partial charge on any atom is 0.225 e. The van der Waals surface area contributed by atoms with E-state index in [4.69, 9.17) is 11.6 Å². The molecule has 0 bridgehead atoms. The minimum Gasteiger partial charge on any atom is -0.394 e. The zero-order chi connectivity index (χ0) is 14.2. The summed E-state index contributed by atoms with van der Waals surface area (Å²) < 4.78 is 14.3. The van der Waals surface area contributed by atoms with Crippen LogP contribution >= 0.6 is 27.5 Å². The van der Waals surface area contributed by atoms with Crippen LogP contribution in [0.4, 0.5) is 10.2 Å². The third-order valence-corrected chi connectivity index (χ3v) is 3.37. The van der Waals surface area contributed by atoms with Crippen molar-refractivity contribution in [1.82, 2.24) is 9.97 Å². The number of anilines is 1. The fraction of sp³-hybridized carbons (Fsp3) is 0.333. The van der Waals surface area contributed by atoms with Gasteiger partial charge in [0.25, 0.3) is 0 Å². The molecular formula is C12H12BrClFN3O. The SMILES string of the molecule is CC(C)(CO)Nc1nc(Cl)nc2c(F)c(Br)ccc12. The summed E-state index contributed by atoms with van der Waals surface area (Å²) >= 11 is 8.92. The van der Waals surface area contributed by atoms with Gasteiger partial charge < -0.3 is 10.4 Å². The summed E-state index contributed by atoms with van der Waals surface area (Å²) in [5, 5.41) is 12.8. The maximum atomic E-state index is 14.0. The molecule has 0 atom stereocenters. The minimum atomic E-state index is -0.603. The predicted molar refractivity (Wildman–Crippen MR) is 77.0 cm³/mol. The second-order valence-electron chi connectivity index (χ2n) is 4.77. The van der Waals surface area contributed by atoms with Crippen molar-refractivity contribution in [2.45, 2.75) is 19.4 Å². The van der Waals surface area contributed by atoms with Crippen molar-refractivity contribution in [3.63, 3.8) is 0 Å². The highest BCUT2D eigenvalue weighted by Gasteiger charge is 2.20. The van der Waals surface area contributed by atoms with Gasteiger partial charge in [0.1, 0.15) is 11.3 Å². The Bertz CT molecular complexity index is 636. The molecule has 1 aromatic heterocycles. The molecule has 0 saturated carbocycles. The first-order valence-corrected chi connectivity index (χ1v) is 6.71. The zero-order valence-corrected chi connectivity index (χ0v) is 12.7. The average Bonchev–Trinajstić information content (AvgIpc) is 2.34. The van der Waals surface area contributed by atoms with Crippen molar-refractivity contribution in [2.24, 2.45) is 0 Å². The van der Waals surface area contributed by atoms with Crippen molar-refractivity contribution in [3.05, 3.63) is 27.7 Å². The fourth-order valence-electron chi connectivity index (χ4n) is 1.57. The molecule has 2 aromatic rings. The van der Waals surface area contributed by atoms with Crippen LogP contribution in [0.2, 0.25) is 5.28 Å². The van der Waals surface area contributed by atoms with E-state index in [0.29, 0.717) is 15.7 Å². The van der Waals surface area contributed by atoms with Crippen LogP contribution in [0.25, 0.3) is 10.9 Å². The van der Waals surface area contributed by atoms with E-state index in [1.807, 2.05) is 0 Å². The number of nitrogens with one attached hydrogen (secondary N) is 1. The number of fused-ring (bicyclic) bond motifs is 1. The van der Waals surface area contributed by atoms with E-state index < -0.39 is 11.4 Å². The number of halogens is 3. The van der Waals surface area contributed by atoms with Gasteiger partial charge in [-0.1, -0.05) is 0 Å². The van der Waals surface area contributed by atoms with Gasteiger partial charge in [-0.2, -0.15) is 0 Å². The monoisotopic (exact) mass is 347 g/mol. The molecule has 1 aromatic carbocycles. The van der Waals surface area contributed by atoms with Crippen molar-refractivity contribution >= 4 is 44.3 Å². The summed E-state index contributed by atoms with van der Waals surface area (Å²) in [6, 6.07) is 3.26. The van der Waals surface area contributed by atoms with Gasteiger partial charge >= 0.3 is 0 Å². The van der Waals surface area contributed by atoms with E-state index in [0.717, 1.165) is 0 Å². The normalized spacial score (nSPS) is 11.9. The highest BCUT2D eigenvalue weighted by molar-refractivity contribution is 9.10. The number of nitrogens with zero attached hydrogens (tertiary/aromatic N) is 2. The molecule has 19 heavy (non-hydrogen) atoms. The van der Waals surface area contributed by atoms with Gasteiger partial charge in [-0.25, -0.2) is 14.4 Å². The Morgan fingerprint density at radius 2 is 2.11 bits per heavy atom. The van der Waals surface area contributed by atoms with Crippen LogP contribution in [0.3, 0.4) is 0 Å². The largest absolute Gasteiger partial charge is 0.394 e. The summed E-state index contributed by atoms with van der Waals surface area (Å²) in [5.74, 6) is -0.105. The van der Waals surface area contributed by atoms with Crippen LogP contribution in [0.5, 0.6) is 0 Å². The first-order chi connectivity index (χ1) is 8.84. The lowest BCUT2D eigenvalue weighted by Gasteiger charge is -2.25. The molecule has 0 spiro atoms. The van der Waals surface area contributed by atoms with Crippen LogP contribution < -0.4 is 5.32 Å². The number of aliphatic hydroxyl groups is 1. The number of hydrogen-bond donors (Lipinski definition) is 2. The lowest BCUT2D eigenvalue weighted by Crippen LogP contribution is -2.35. The summed E-state index contributed by atoms with van der Waals surface area (Å²) in [4.78, 5) is 7.95. The van der Waals surface area contributed by atoms with Crippen molar-refractivity contribution in [2.75, 3.05) is 11.9 Å². The number of benzene rings is 1.